The Hall–Kier alpha value is -0.793. The highest BCUT2D eigenvalue weighted by atomic mass is 35.5. The van der Waals surface area contributed by atoms with E-state index in [0.717, 1.165) is 5.56 Å². The molecular formula is C16H20Cl2N2O2SSi. The Morgan fingerprint density at radius 3 is 2.58 bits per heavy atom. The van der Waals surface area contributed by atoms with Crippen LogP contribution < -0.4 is 0 Å². The Morgan fingerprint density at radius 2 is 2.00 bits per heavy atom. The van der Waals surface area contributed by atoms with E-state index in [-0.39, 0.29) is 21.5 Å². The lowest BCUT2D eigenvalue weighted by Crippen LogP contribution is -2.40. The Kier molecular flexibility index (Phi) is 5.87. The average molecular weight is 403 g/mol. The van der Waals surface area contributed by atoms with Crippen LogP contribution in [0.5, 0.6) is 0 Å². The SMILES string of the molecule is CC(C)(C)[Si](C)(C)OCc1cc(C(=O)c2cncnc2Cl)sc1Cl. The fourth-order valence-electron chi connectivity index (χ4n) is 1.69. The summed E-state index contributed by atoms with van der Waals surface area (Å²) in [5.74, 6) is -0.230. The maximum Gasteiger partial charge on any atom is 0.207 e. The molecule has 0 aliphatic heterocycles. The smallest absolute Gasteiger partial charge is 0.207 e. The summed E-state index contributed by atoms with van der Waals surface area (Å²) < 4.78 is 6.74. The molecule has 2 aromatic heterocycles. The van der Waals surface area contributed by atoms with Crippen LogP contribution in [0.2, 0.25) is 27.6 Å². The van der Waals surface area contributed by atoms with Gasteiger partial charge in [0.25, 0.3) is 0 Å². The lowest BCUT2D eigenvalue weighted by molar-refractivity contribution is 0.104. The largest absolute Gasteiger partial charge is 0.412 e. The molecule has 8 heteroatoms. The van der Waals surface area contributed by atoms with Crippen LogP contribution >= 0.6 is 34.5 Å². The zero-order chi connectivity index (χ0) is 18.1. The van der Waals surface area contributed by atoms with Crippen LogP contribution in [0.4, 0.5) is 0 Å². The van der Waals surface area contributed by atoms with Crippen LogP contribution in [0.3, 0.4) is 0 Å². The highest BCUT2D eigenvalue weighted by molar-refractivity contribution is 7.18. The van der Waals surface area contributed by atoms with Crippen molar-refractivity contribution in [3.63, 3.8) is 0 Å². The fourth-order valence-corrected chi connectivity index (χ4v) is 4.02. The van der Waals surface area contributed by atoms with Gasteiger partial charge in [-0.25, -0.2) is 9.97 Å². The number of hydrogen-bond donors (Lipinski definition) is 0. The molecule has 0 N–H and O–H groups in total. The summed E-state index contributed by atoms with van der Waals surface area (Å²) in [7, 11) is -1.88. The summed E-state index contributed by atoms with van der Waals surface area (Å²) in [5.41, 5.74) is 1.09. The summed E-state index contributed by atoms with van der Waals surface area (Å²) in [6.45, 7) is 11.3. The summed E-state index contributed by atoms with van der Waals surface area (Å²) >= 11 is 13.5. The van der Waals surface area contributed by atoms with E-state index < -0.39 is 8.32 Å². The van der Waals surface area contributed by atoms with E-state index in [4.69, 9.17) is 27.6 Å². The van der Waals surface area contributed by atoms with Crippen LogP contribution in [0.25, 0.3) is 0 Å². The van der Waals surface area contributed by atoms with Gasteiger partial charge < -0.3 is 4.43 Å². The third-order valence-corrected chi connectivity index (χ3v) is 10.5. The first-order valence-electron chi connectivity index (χ1n) is 7.45. The van der Waals surface area contributed by atoms with Crippen molar-refractivity contribution >= 4 is 48.6 Å². The number of aromatic nitrogens is 2. The molecule has 0 unspecified atom stereocenters. The second-order valence-electron chi connectivity index (χ2n) is 7.01. The minimum absolute atomic E-state index is 0.114. The first kappa shape index (κ1) is 19.5. The number of carbonyl (C=O) groups excluding carboxylic acids is 1. The molecule has 0 atom stereocenters. The normalized spacial score (nSPS) is 12.5. The van der Waals surface area contributed by atoms with Gasteiger partial charge >= 0.3 is 0 Å². The monoisotopic (exact) mass is 402 g/mol. The van der Waals surface area contributed by atoms with Crippen LogP contribution in [-0.4, -0.2) is 24.1 Å². The number of ketones is 1. The van der Waals surface area contributed by atoms with Gasteiger partial charge in [-0.15, -0.1) is 11.3 Å². The predicted octanol–water partition coefficient (Wildman–Crippen LogP) is 5.60. The molecule has 0 bridgehead atoms. The third-order valence-electron chi connectivity index (χ3n) is 4.28. The molecule has 2 heterocycles. The van der Waals surface area contributed by atoms with Gasteiger partial charge in [-0.1, -0.05) is 44.0 Å². The zero-order valence-electron chi connectivity index (χ0n) is 14.3. The maximum atomic E-state index is 12.5. The van der Waals surface area contributed by atoms with E-state index in [9.17, 15) is 4.79 Å². The molecule has 130 valence electrons. The van der Waals surface area contributed by atoms with Crippen LogP contribution in [-0.2, 0) is 11.0 Å². The van der Waals surface area contributed by atoms with Crippen molar-refractivity contribution in [2.75, 3.05) is 0 Å². The van der Waals surface area contributed by atoms with Crippen molar-refractivity contribution < 1.29 is 9.22 Å². The molecule has 0 aromatic carbocycles. The molecule has 0 saturated heterocycles. The van der Waals surface area contributed by atoms with Crippen LogP contribution in [0.1, 0.15) is 41.6 Å². The van der Waals surface area contributed by atoms with Crippen molar-refractivity contribution in [1.29, 1.82) is 0 Å². The Balaban J connectivity index is 2.19. The van der Waals surface area contributed by atoms with Gasteiger partial charge in [0.2, 0.25) is 5.78 Å². The van der Waals surface area contributed by atoms with Crippen molar-refractivity contribution in [3.8, 4) is 0 Å². The Bertz CT molecular complexity index is 757. The van der Waals surface area contributed by atoms with E-state index in [1.165, 1.54) is 23.9 Å². The molecule has 24 heavy (non-hydrogen) atoms. The summed E-state index contributed by atoms with van der Waals surface area (Å²) in [6.07, 6.45) is 2.72. The topological polar surface area (TPSA) is 52.1 Å². The Labute approximate surface area is 157 Å². The molecular weight excluding hydrogens is 383 g/mol. The lowest BCUT2D eigenvalue weighted by Gasteiger charge is -2.36. The van der Waals surface area contributed by atoms with Crippen LogP contribution in [0, 0.1) is 0 Å². The van der Waals surface area contributed by atoms with E-state index in [1.54, 1.807) is 6.07 Å². The molecule has 0 radical (unpaired) electrons. The van der Waals surface area contributed by atoms with Crippen molar-refractivity contribution in [3.05, 3.63) is 44.1 Å². The first-order valence-corrected chi connectivity index (χ1v) is 11.9. The number of thiophene rings is 1. The van der Waals surface area contributed by atoms with Gasteiger partial charge in [-0.05, 0) is 24.2 Å². The molecule has 0 spiro atoms. The summed E-state index contributed by atoms with van der Waals surface area (Å²) in [4.78, 5) is 20.7. The molecule has 4 nitrogen and oxygen atoms in total. The zero-order valence-corrected chi connectivity index (χ0v) is 17.6. The minimum atomic E-state index is -1.88. The molecule has 2 rings (SSSR count). The van der Waals surface area contributed by atoms with Gasteiger partial charge in [0.15, 0.2) is 8.32 Å². The standard InChI is InChI=1S/C16H20Cl2N2O2SSi/c1-16(2,3)24(4,5)22-8-10-6-12(23-15(10)18)13(21)11-7-19-9-20-14(11)17/h6-7,9H,8H2,1-5H3. The highest BCUT2D eigenvalue weighted by Gasteiger charge is 2.37. The molecule has 2 aromatic rings. The highest BCUT2D eigenvalue weighted by Crippen LogP contribution is 2.38. The molecule has 0 aliphatic carbocycles. The molecule has 0 fully saturated rings. The third kappa shape index (κ3) is 4.24. The van der Waals surface area contributed by atoms with Crippen molar-refractivity contribution in [1.82, 2.24) is 9.97 Å². The second kappa shape index (κ2) is 7.21. The van der Waals surface area contributed by atoms with E-state index in [0.29, 0.717) is 15.8 Å². The second-order valence-corrected chi connectivity index (χ2v) is 13.8. The molecule has 0 amide bonds. The number of hydrogen-bond acceptors (Lipinski definition) is 5. The molecule has 0 aliphatic rings. The first-order chi connectivity index (χ1) is 11.0. The van der Waals surface area contributed by atoms with Gasteiger partial charge in [0, 0.05) is 11.8 Å². The van der Waals surface area contributed by atoms with E-state index >= 15 is 0 Å². The molecule has 0 saturated carbocycles. The van der Waals surface area contributed by atoms with Gasteiger partial charge in [0.05, 0.1) is 21.4 Å². The van der Waals surface area contributed by atoms with E-state index in [2.05, 4.69) is 43.8 Å². The predicted molar refractivity (Wildman–Crippen MR) is 102 cm³/mol. The number of rotatable bonds is 5. The van der Waals surface area contributed by atoms with E-state index in [1.807, 2.05) is 0 Å². The van der Waals surface area contributed by atoms with Gasteiger partial charge in [-0.3, -0.25) is 4.79 Å². The lowest BCUT2D eigenvalue weighted by atomic mass is 10.2. The van der Waals surface area contributed by atoms with Crippen molar-refractivity contribution in [2.45, 2.75) is 45.5 Å². The minimum Gasteiger partial charge on any atom is -0.412 e. The summed E-state index contributed by atoms with van der Waals surface area (Å²) in [6, 6.07) is 1.77. The van der Waals surface area contributed by atoms with Gasteiger partial charge in [-0.2, -0.15) is 0 Å². The van der Waals surface area contributed by atoms with Crippen molar-refractivity contribution in [2.24, 2.45) is 0 Å². The quantitative estimate of drug-likeness (QED) is 0.371. The number of nitrogens with zero attached hydrogens (tertiary/aromatic N) is 2. The summed E-state index contributed by atoms with van der Waals surface area (Å²) in [5, 5.41) is 0.252. The maximum absolute atomic E-state index is 12.5. The fraction of sp³-hybridized carbons (Fsp3) is 0.438. The number of halogens is 2. The average Bonchev–Trinajstić information content (AvgIpc) is 2.85. The Morgan fingerprint density at radius 1 is 1.33 bits per heavy atom. The van der Waals surface area contributed by atoms with Crippen LogP contribution in [0.15, 0.2) is 18.6 Å². The van der Waals surface area contributed by atoms with Gasteiger partial charge in [0.1, 0.15) is 11.5 Å². The number of carbonyl (C=O) groups is 1.